The van der Waals surface area contributed by atoms with Crippen LogP contribution in [0, 0.1) is 11.8 Å². The van der Waals surface area contributed by atoms with Crippen LogP contribution in [0.1, 0.15) is 20.3 Å². The minimum absolute atomic E-state index is 0.197. The summed E-state index contributed by atoms with van der Waals surface area (Å²) in [7, 11) is 4.02. The van der Waals surface area contributed by atoms with Crippen LogP contribution in [0.5, 0.6) is 0 Å². The van der Waals surface area contributed by atoms with E-state index in [4.69, 9.17) is 0 Å². The van der Waals surface area contributed by atoms with Crippen molar-refractivity contribution in [1.29, 1.82) is 0 Å². The Kier molecular flexibility index (Phi) is 3.31. The van der Waals surface area contributed by atoms with Crippen molar-refractivity contribution in [3.63, 3.8) is 0 Å². The average Bonchev–Trinajstić information content (AvgIpc) is 2.31. The first-order chi connectivity index (χ1) is 6.00. The molecule has 0 aromatic rings. The summed E-state index contributed by atoms with van der Waals surface area (Å²) in [5.74, 6) is 0.978. The topological polar surface area (TPSA) is 32.3 Å². The summed E-state index contributed by atoms with van der Waals surface area (Å²) in [5, 5.41) is 3.04. The Bertz CT molecular complexity index is 189. The minimum Gasteiger partial charge on any atom is -0.353 e. The Morgan fingerprint density at radius 2 is 2.15 bits per heavy atom. The standard InChI is InChI=1S/C10H20N2O/c1-7(2)9-5-8(6-12(3)4)10(13)11-9/h7-9H,5-6H2,1-4H3,(H,11,13). The third-order valence-electron chi connectivity index (χ3n) is 2.63. The summed E-state index contributed by atoms with van der Waals surface area (Å²) >= 11 is 0. The van der Waals surface area contributed by atoms with E-state index in [1.165, 1.54) is 0 Å². The zero-order valence-electron chi connectivity index (χ0n) is 9.00. The summed E-state index contributed by atoms with van der Waals surface area (Å²) in [4.78, 5) is 13.6. The molecule has 76 valence electrons. The number of hydrogen-bond donors (Lipinski definition) is 1. The zero-order chi connectivity index (χ0) is 10.0. The van der Waals surface area contributed by atoms with Crippen LogP contribution >= 0.6 is 0 Å². The molecule has 1 heterocycles. The van der Waals surface area contributed by atoms with Gasteiger partial charge in [0.05, 0.1) is 5.92 Å². The molecule has 0 aromatic heterocycles. The van der Waals surface area contributed by atoms with Crippen LogP contribution in [0.15, 0.2) is 0 Å². The second-order valence-electron chi connectivity index (χ2n) is 4.55. The van der Waals surface area contributed by atoms with E-state index >= 15 is 0 Å². The Labute approximate surface area is 80.5 Å². The van der Waals surface area contributed by atoms with E-state index in [1.807, 2.05) is 14.1 Å². The van der Waals surface area contributed by atoms with Crippen molar-refractivity contribution in [2.45, 2.75) is 26.3 Å². The summed E-state index contributed by atoms with van der Waals surface area (Å²) in [6.07, 6.45) is 0.995. The van der Waals surface area contributed by atoms with E-state index in [1.54, 1.807) is 0 Å². The number of amides is 1. The summed E-state index contributed by atoms with van der Waals surface area (Å²) < 4.78 is 0. The molecule has 2 unspecified atom stereocenters. The molecule has 1 fully saturated rings. The summed E-state index contributed by atoms with van der Waals surface area (Å²) in [6, 6.07) is 0.387. The van der Waals surface area contributed by atoms with Gasteiger partial charge in [0.2, 0.25) is 5.91 Å². The van der Waals surface area contributed by atoms with Crippen LogP contribution in [-0.4, -0.2) is 37.5 Å². The number of nitrogens with zero attached hydrogens (tertiary/aromatic N) is 1. The number of carbonyl (C=O) groups is 1. The molecule has 2 atom stereocenters. The summed E-state index contributed by atoms with van der Waals surface area (Å²) in [5.41, 5.74) is 0. The van der Waals surface area contributed by atoms with Crippen molar-refractivity contribution < 1.29 is 4.79 Å². The molecular weight excluding hydrogens is 164 g/mol. The lowest BCUT2D eigenvalue weighted by atomic mass is 9.97. The zero-order valence-corrected chi connectivity index (χ0v) is 9.00. The van der Waals surface area contributed by atoms with Crippen LogP contribution in [-0.2, 0) is 4.79 Å². The highest BCUT2D eigenvalue weighted by Gasteiger charge is 2.33. The second kappa shape index (κ2) is 4.09. The fourth-order valence-electron chi connectivity index (χ4n) is 1.81. The van der Waals surface area contributed by atoms with E-state index in [-0.39, 0.29) is 11.8 Å². The lowest BCUT2D eigenvalue weighted by Gasteiger charge is -2.15. The van der Waals surface area contributed by atoms with Crippen LogP contribution in [0.2, 0.25) is 0 Å². The first-order valence-electron chi connectivity index (χ1n) is 4.95. The van der Waals surface area contributed by atoms with Gasteiger partial charge in [-0.25, -0.2) is 0 Å². The van der Waals surface area contributed by atoms with E-state index in [9.17, 15) is 4.79 Å². The van der Waals surface area contributed by atoms with Crippen molar-refractivity contribution >= 4 is 5.91 Å². The molecule has 1 saturated heterocycles. The first-order valence-corrected chi connectivity index (χ1v) is 4.95. The second-order valence-corrected chi connectivity index (χ2v) is 4.55. The highest BCUT2D eigenvalue weighted by Crippen LogP contribution is 2.21. The van der Waals surface area contributed by atoms with Gasteiger partial charge in [-0.3, -0.25) is 4.79 Å². The molecule has 13 heavy (non-hydrogen) atoms. The molecule has 1 aliphatic rings. The Hall–Kier alpha value is -0.570. The smallest absolute Gasteiger partial charge is 0.224 e. The quantitative estimate of drug-likeness (QED) is 0.700. The largest absolute Gasteiger partial charge is 0.353 e. The van der Waals surface area contributed by atoms with E-state index in [0.29, 0.717) is 12.0 Å². The monoisotopic (exact) mass is 184 g/mol. The van der Waals surface area contributed by atoms with E-state index < -0.39 is 0 Å². The highest BCUT2D eigenvalue weighted by atomic mass is 16.2. The maximum absolute atomic E-state index is 11.5. The number of hydrogen-bond acceptors (Lipinski definition) is 2. The third kappa shape index (κ3) is 2.69. The van der Waals surface area contributed by atoms with Gasteiger partial charge in [-0.2, -0.15) is 0 Å². The molecule has 1 N–H and O–H groups in total. The van der Waals surface area contributed by atoms with E-state index in [2.05, 4.69) is 24.1 Å². The van der Waals surface area contributed by atoms with Gasteiger partial charge in [0.25, 0.3) is 0 Å². The molecule has 0 aliphatic carbocycles. The molecule has 0 spiro atoms. The first kappa shape index (κ1) is 10.5. The Morgan fingerprint density at radius 1 is 1.54 bits per heavy atom. The molecule has 3 nitrogen and oxygen atoms in total. The van der Waals surface area contributed by atoms with E-state index in [0.717, 1.165) is 13.0 Å². The van der Waals surface area contributed by atoms with Gasteiger partial charge in [0, 0.05) is 12.6 Å². The maximum atomic E-state index is 11.5. The molecule has 3 heteroatoms. The van der Waals surface area contributed by atoms with Gasteiger partial charge in [0.15, 0.2) is 0 Å². The molecule has 0 saturated carbocycles. The molecular formula is C10H20N2O. The number of rotatable bonds is 3. The lowest BCUT2D eigenvalue weighted by molar-refractivity contribution is -0.123. The van der Waals surface area contributed by atoms with Crippen molar-refractivity contribution in [3.8, 4) is 0 Å². The molecule has 1 amide bonds. The highest BCUT2D eigenvalue weighted by molar-refractivity contribution is 5.81. The average molecular weight is 184 g/mol. The Balaban J connectivity index is 2.47. The maximum Gasteiger partial charge on any atom is 0.224 e. The molecule has 1 aliphatic heterocycles. The third-order valence-corrected chi connectivity index (χ3v) is 2.63. The fraction of sp³-hybridized carbons (Fsp3) is 0.900. The van der Waals surface area contributed by atoms with Crippen molar-refractivity contribution in [1.82, 2.24) is 10.2 Å². The normalized spacial score (nSPS) is 28.6. The van der Waals surface area contributed by atoms with Crippen LogP contribution in [0.25, 0.3) is 0 Å². The van der Waals surface area contributed by atoms with Gasteiger partial charge in [-0.1, -0.05) is 13.8 Å². The Morgan fingerprint density at radius 3 is 2.54 bits per heavy atom. The predicted octanol–water partition coefficient (Wildman–Crippen LogP) is 0.709. The number of nitrogens with one attached hydrogen (secondary N) is 1. The molecule has 0 bridgehead atoms. The summed E-state index contributed by atoms with van der Waals surface area (Å²) in [6.45, 7) is 5.18. The SMILES string of the molecule is CC(C)C1CC(CN(C)C)C(=O)N1. The van der Waals surface area contributed by atoms with Crippen molar-refractivity contribution in [3.05, 3.63) is 0 Å². The van der Waals surface area contributed by atoms with Gasteiger partial charge < -0.3 is 10.2 Å². The van der Waals surface area contributed by atoms with Gasteiger partial charge in [0.1, 0.15) is 0 Å². The fourth-order valence-corrected chi connectivity index (χ4v) is 1.81. The predicted molar refractivity (Wildman–Crippen MR) is 53.4 cm³/mol. The number of carbonyl (C=O) groups excluding carboxylic acids is 1. The minimum atomic E-state index is 0.197. The van der Waals surface area contributed by atoms with Crippen LogP contribution in [0.3, 0.4) is 0 Å². The van der Waals surface area contributed by atoms with Crippen LogP contribution in [0.4, 0.5) is 0 Å². The van der Waals surface area contributed by atoms with Gasteiger partial charge >= 0.3 is 0 Å². The molecule has 0 radical (unpaired) electrons. The lowest BCUT2D eigenvalue weighted by Crippen LogP contribution is -2.31. The van der Waals surface area contributed by atoms with Crippen molar-refractivity contribution in [2.24, 2.45) is 11.8 Å². The molecule has 0 aromatic carbocycles. The van der Waals surface area contributed by atoms with Gasteiger partial charge in [-0.05, 0) is 26.4 Å². The molecule has 1 rings (SSSR count). The van der Waals surface area contributed by atoms with Crippen molar-refractivity contribution in [2.75, 3.05) is 20.6 Å². The van der Waals surface area contributed by atoms with Crippen LogP contribution < -0.4 is 5.32 Å². The van der Waals surface area contributed by atoms with Gasteiger partial charge in [-0.15, -0.1) is 0 Å².